The van der Waals surface area contributed by atoms with E-state index in [9.17, 15) is 9.90 Å². The van der Waals surface area contributed by atoms with E-state index in [1.54, 1.807) is 0 Å². The molecule has 6 heteroatoms. The monoisotopic (exact) mass is 242 g/mol. The van der Waals surface area contributed by atoms with Crippen LogP contribution in [0.2, 0.25) is 0 Å². The number of aliphatic hydroxyl groups excluding tert-OH is 1. The maximum atomic E-state index is 11.5. The van der Waals surface area contributed by atoms with Crippen LogP contribution in [0.3, 0.4) is 0 Å². The third kappa shape index (κ3) is 2.40. The van der Waals surface area contributed by atoms with Gasteiger partial charge in [-0.25, -0.2) is 0 Å². The van der Waals surface area contributed by atoms with Gasteiger partial charge in [-0.3, -0.25) is 9.69 Å². The normalized spacial score (nSPS) is 25.9. The van der Waals surface area contributed by atoms with Gasteiger partial charge in [-0.1, -0.05) is 0 Å². The van der Waals surface area contributed by atoms with Crippen molar-refractivity contribution in [2.24, 2.45) is 0 Å². The molecule has 1 saturated heterocycles. The highest BCUT2D eigenvalue weighted by Gasteiger charge is 2.36. The number of nitrogens with zero attached hydrogens (tertiary/aromatic N) is 2. The summed E-state index contributed by atoms with van der Waals surface area (Å²) in [5, 5.41) is 11.5. The summed E-state index contributed by atoms with van der Waals surface area (Å²) < 4.78 is 8.91. The fourth-order valence-electron chi connectivity index (χ4n) is 1.96. The molecular formula is C10H14N2O3S. The second-order valence-corrected chi connectivity index (χ2v) is 4.51. The topological polar surface area (TPSA) is 62.7 Å². The number of methoxy groups -OCH3 is 1. The molecule has 88 valence electrons. The number of esters is 1. The first kappa shape index (κ1) is 11.5. The van der Waals surface area contributed by atoms with Crippen LogP contribution in [0.4, 0.5) is 0 Å². The number of aliphatic hydroxyl groups is 1. The lowest BCUT2D eigenvalue weighted by Gasteiger charge is -2.20. The van der Waals surface area contributed by atoms with Gasteiger partial charge >= 0.3 is 5.97 Å². The summed E-state index contributed by atoms with van der Waals surface area (Å²) in [7, 11) is 1.37. The van der Waals surface area contributed by atoms with Gasteiger partial charge in [0.2, 0.25) is 0 Å². The summed E-state index contributed by atoms with van der Waals surface area (Å²) >= 11 is 1.38. The molecule has 1 aliphatic rings. The minimum absolute atomic E-state index is 0.285. The number of hydrogen-bond acceptors (Lipinski definition) is 6. The second-order valence-electron chi connectivity index (χ2n) is 3.85. The Hall–Kier alpha value is -0.980. The number of likely N-dealkylation sites (tertiary alicyclic amines) is 1. The van der Waals surface area contributed by atoms with Crippen LogP contribution >= 0.6 is 11.5 Å². The van der Waals surface area contributed by atoms with Crippen LogP contribution in [-0.4, -0.2) is 46.1 Å². The number of β-amino-alcohol motifs (C(OH)–C–C–N with tert-alkyl or cyclic N) is 1. The van der Waals surface area contributed by atoms with E-state index >= 15 is 0 Å². The molecule has 1 N–H and O–H groups in total. The van der Waals surface area contributed by atoms with Gasteiger partial charge in [0, 0.05) is 24.9 Å². The summed E-state index contributed by atoms with van der Waals surface area (Å²) in [6.45, 7) is 1.08. The number of ether oxygens (including phenoxy) is 1. The first-order valence-electron chi connectivity index (χ1n) is 5.10. The van der Waals surface area contributed by atoms with Crippen LogP contribution in [0, 0.1) is 0 Å². The van der Waals surface area contributed by atoms with Gasteiger partial charge in [0.15, 0.2) is 0 Å². The third-order valence-corrected chi connectivity index (χ3v) is 3.31. The van der Waals surface area contributed by atoms with E-state index in [1.165, 1.54) is 18.6 Å². The minimum atomic E-state index is -0.456. The molecule has 0 aromatic carbocycles. The van der Waals surface area contributed by atoms with Gasteiger partial charge in [-0.15, -0.1) is 0 Å². The predicted molar refractivity (Wildman–Crippen MR) is 59.0 cm³/mol. The van der Waals surface area contributed by atoms with Crippen LogP contribution < -0.4 is 0 Å². The fraction of sp³-hybridized carbons (Fsp3) is 0.600. The molecule has 2 heterocycles. The Morgan fingerprint density at radius 3 is 3.25 bits per heavy atom. The van der Waals surface area contributed by atoms with Gasteiger partial charge in [-0.05, 0) is 17.6 Å². The van der Waals surface area contributed by atoms with E-state index in [1.807, 2.05) is 16.3 Å². The fourth-order valence-corrected chi connectivity index (χ4v) is 2.50. The molecule has 0 saturated carbocycles. The molecular weight excluding hydrogens is 228 g/mol. The van der Waals surface area contributed by atoms with Crippen molar-refractivity contribution >= 4 is 17.5 Å². The Kier molecular flexibility index (Phi) is 3.52. The summed E-state index contributed by atoms with van der Waals surface area (Å²) in [4.78, 5) is 13.4. The molecule has 1 aromatic heterocycles. The molecule has 5 nitrogen and oxygen atoms in total. The number of carbonyl (C=O) groups excluding carboxylic acids is 1. The molecule has 16 heavy (non-hydrogen) atoms. The summed E-state index contributed by atoms with van der Waals surface area (Å²) in [5.41, 5.74) is 0.924. The minimum Gasteiger partial charge on any atom is -0.468 e. The van der Waals surface area contributed by atoms with Crippen molar-refractivity contribution in [1.29, 1.82) is 0 Å². The van der Waals surface area contributed by atoms with Crippen molar-refractivity contribution in [2.75, 3.05) is 13.7 Å². The lowest BCUT2D eigenvalue weighted by atomic mass is 10.2. The zero-order valence-corrected chi connectivity index (χ0v) is 9.81. The SMILES string of the molecule is COC(=O)[C@H]1C[C@@H](O)CN1Cc1ccsn1. The second kappa shape index (κ2) is 4.90. The van der Waals surface area contributed by atoms with Crippen LogP contribution in [0.15, 0.2) is 11.4 Å². The molecule has 0 radical (unpaired) electrons. The molecule has 2 rings (SSSR count). The molecule has 1 aliphatic heterocycles. The lowest BCUT2D eigenvalue weighted by molar-refractivity contribution is -0.146. The first-order chi connectivity index (χ1) is 7.70. The highest BCUT2D eigenvalue weighted by molar-refractivity contribution is 7.03. The van der Waals surface area contributed by atoms with E-state index in [0.29, 0.717) is 19.5 Å². The zero-order chi connectivity index (χ0) is 11.5. The van der Waals surface area contributed by atoms with E-state index in [-0.39, 0.29) is 12.0 Å². The summed E-state index contributed by atoms with van der Waals surface area (Å²) in [6.07, 6.45) is -0.0145. The highest BCUT2D eigenvalue weighted by Crippen LogP contribution is 2.21. The Bertz CT molecular complexity index is 355. The van der Waals surface area contributed by atoms with Gasteiger partial charge in [0.25, 0.3) is 0 Å². The molecule has 0 aliphatic carbocycles. The Morgan fingerprint density at radius 1 is 1.81 bits per heavy atom. The lowest BCUT2D eigenvalue weighted by Crippen LogP contribution is -2.36. The van der Waals surface area contributed by atoms with Gasteiger partial charge in [-0.2, -0.15) is 4.37 Å². The average Bonchev–Trinajstić information content (AvgIpc) is 2.88. The average molecular weight is 242 g/mol. The number of aromatic nitrogens is 1. The summed E-state index contributed by atoms with van der Waals surface area (Å²) in [6, 6.07) is 1.57. The molecule has 2 atom stereocenters. The van der Waals surface area contributed by atoms with Crippen molar-refractivity contribution in [2.45, 2.75) is 25.1 Å². The van der Waals surface area contributed by atoms with E-state index < -0.39 is 6.10 Å². The maximum absolute atomic E-state index is 11.5. The van der Waals surface area contributed by atoms with E-state index in [2.05, 4.69) is 4.37 Å². The third-order valence-electron chi connectivity index (χ3n) is 2.71. The largest absolute Gasteiger partial charge is 0.468 e. The highest BCUT2D eigenvalue weighted by atomic mass is 32.1. The van der Waals surface area contributed by atoms with Gasteiger partial charge in [0.1, 0.15) is 6.04 Å². The smallest absolute Gasteiger partial charge is 0.323 e. The van der Waals surface area contributed by atoms with Crippen molar-refractivity contribution in [3.8, 4) is 0 Å². The number of hydrogen-bond donors (Lipinski definition) is 1. The van der Waals surface area contributed by atoms with E-state index in [4.69, 9.17) is 4.74 Å². The standard InChI is InChI=1S/C10H14N2O3S/c1-15-10(14)9-4-8(13)6-12(9)5-7-2-3-16-11-7/h2-3,8-9,13H,4-6H2,1H3/t8-,9-/m1/s1. The first-order valence-corrected chi connectivity index (χ1v) is 5.93. The molecule has 1 aromatic rings. The Labute approximate surface area is 97.8 Å². The molecule has 0 spiro atoms. The Morgan fingerprint density at radius 2 is 2.62 bits per heavy atom. The Balaban J connectivity index is 2.04. The van der Waals surface area contributed by atoms with Crippen molar-refractivity contribution in [1.82, 2.24) is 9.27 Å². The van der Waals surface area contributed by atoms with Gasteiger partial charge < -0.3 is 9.84 Å². The van der Waals surface area contributed by atoms with E-state index in [0.717, 1.165) is 5.69 Å². The van der Waals surface area contributed by atoms with Crippen LogP contribution in [0.25, 0.3) is 0 Å². The van der Waals surface area contributed by atoms with Crippen molar-refractivity contribution in [3.63, 3.8) is 0 Å². The zero-order valence-electron chi connectivity index (χ0n) is 9.00. The predicted octanol–water partition coefficient (Wildman–Crippen LogP) is 0.251. The van der Waals surface area contributed by atoms with Crippen molar-refractivity contribution < 1.29 is 14.6 Å². The number of carbonyl (C=O) groups is 1. The van der Waals surface area contributed by atoms with Crippen LogP contribution in [0.5, 0.6) is 0 Å². The molecule has 0 amide bonds. The molecule has 0 unspecified atom stereocenters. The quantitative estimate of drug-likeness (QED) is 0.770. The molecule has 1 fully saturated rings. The van der Waals surface area contributed by atoms with Crippen LogP contribution in [-0.2, 0) is 16.1 Å². The van der Waals surface area contributed by atoms with Crippen molar-refractivity contribution in [3.05, 3.63) is 17.1 Å². The molecule has 0 bridgehead atoms. The number of rotatable bonds is 3. The van der Waals surface area contributed by atoms with Crippen LogP contribution in [0.1, 0.15) is 12.1 Å². The maximum Gasteiger partial charge on any atom is 0.323 e. The van der Waals surface area contributed by atoms with Gasteiger partial charge in [0.05, 0.1) is 18.9 Å². The summed E-state index contributed by atoms with van der Waals surface area (Å²) in [5.74, 6) is -0.285.